The van der Waals surface area contributed by atoms with E-state index in [1.54, 1.807) is 9.80 Å². The van der Waals surface area contributed by atoms with Gasteiger partial charge in [0.15, 0.2) is 5.54 Å². The molecule has 1 fully saturated rings. The van der Waals surface area contributed by atoms with Crippen molar-refractivity contribution in [2.24, 2.45) is 0 Å². The molecule has 6 nitrogen and oxygen atoms in total. The minimum absolute atomic E-state index is 0.00472. The molecule has 0 unspecified atom stereocenters. The van der Waals surface area contributed by atoms with Crippen LogP contribution in [-0.2, 0) is 26.3 Å². The Hall–Kier alpha value is -2.34. The molecule has 1 saturated heterocycles. The minimum atomic E-state index is -0.952. The Kier molecular flexibility index (Phi) is 4.68. The van der Waals surface area contributed by atoms with Gasteiger partial charge in [-0.3, -0.25) is 9.59 Å². The van der Waals surface area contributed by atoms with Gasteiger partial charge in [0.1, 0.15) is 0 Å². The number of nitrogens with one attached hydrogen (secondary N) is 1. The van der Waals surface area contributed by atoms with E-state index >= 15 is 0 Å². The van der Waals surface area contributed by atoms with Gasteiger partial charge in [0, 0.05) is 37.2 Å². The van der Waals surface area contributed by atoms with Gasteiger partial charge in [-0.15, -0.1) is 0 Å². The zero-order valence-corrected chi connectivity index (χ0v) is 16.1. The quantitative estimate of drug-likeness (QED) is 0.796. The molecule has 1 aromatic carbocycles. The van der Waals surface area contributed by atoms with E-state index in [0.717, 1.165) is 42.5 Å². The first-order valence-electron chi connectivity index (χ1n) is 9.85. The summed E-state index contributed by atoms with van der Waals surface area (Å²) in [5.41, 5.74) is 2.11. The smallest absolute Gasteiger partial charge is 0.254 e. The lowest BCUT2D eigenvalue weighted by Crippen LogP contribution is -2.67. The van der Waals surface area contributed by atoms with E-state index in [9.17, 15) is 9.59 Å². The predicted molar refractivity (Wildman–Crippen MR) is 103 cm³/mol. The largest absolute Gasteiger partial charge is 0.381 e. The molecular formula is C21H27N3O3. The highest BCUT2D eigenvalue weighted by Crippen LogP contribution is 2.41. The number of carbonyl (C=O) groups is 2. The lowest BCUT2D eigenvalue weighted by molar-refractivity contribution is -0.166. The molecule has 0 aliphatic carbocycles. The molecule has 0 spiro atoms. The van der Waals surface area contributed by atoms with Crippen molar-refractivity contribution in [2.45, 2.75) is 38.6 Å². The van der Waals surface area contributed by atoms with Crippen LogP contribution in [0.2, 0.25) is 0 Å². The highest BCUT2D eigenvalue weighted by molar-refractivity contribution is 6.00. The average molecular weight is 369 g/mol. The summed E-state index contributed by atoms with van der Waals surface area (Å²) < 4.78 is 5.52. The summed E-state index contributed by atoms with van der Waals surface area (Å²) in [7, 11) is 0. The normalized spacial score (nSPS) is 22.3. The Bertz CT molecular complexity index is 875. The molecule has 1 N–H and O–H groups in total. The van der Waals surface area contributed by atoms with Crippen molar-refractivity contribution in [3.05, 3.63) is 35.5 Å². The first kappa shape index (κ1) is 18.0. The summed E-state index contributed by atoms with van der Waals surface area (Å²) in [6.45, 7) is 6.61. The van der Waals surface area contributed by atoms with Crippen LogP contribution in [0.25, 0.3) is 10.9 Å². The Morgan fingerprint density at radius 3 is 2.85 bits per heavy atom. The molecule has 0 bridgehead atoms. The summed E-state index contributed by atoms with van der Waals surface area (Å²) in [5, 5.41) is 1.15. The van der Waals surface area contributed by atoms with Crippen LogP contribution in [0.5, 0.6) is 0 Å². The molecule has 2 aliphatic rings. The van der Waals surface area contributed by atoms with Crippen LogP contribution in [0.15, 0.2) is 24.3 Å². The van der Waals surface area contributed by atoms with Gasteiger partial charge in [-0.2, -0.15) is 0 Å². The number of aromatic nitrogens is 1. The van der Waals surface area contributed by atoms with Gasteiger partial charge < -0.3 is 19.5 Å². The van der Waals surface area contributed by atoms with Crippen LogP contribution in [0.4, 0.5) is 0 Å². The van der Waals surface area contributed by atoms with Crippen LogP contribution in [0.3, 0.4) is 0 Å². The molecule has 27 heavy (non-hydrogen) atoms. The molecule has 0 radical (unpaired) electrons. The lowest BCUT2D eigenvalue weighted by Gasteiger charge is -2.49. The lowest BCUT2D eigenvalue weighted by atomic mass is 9.83. The predicted octanol–water partition coefficient (Wildman–Crippen LogP) is 2.43. The molecule has 3 heterocycles. The zero-order chi connectivity index (χ0) is 19.0. The number of amides is 2. The third-order valence-corrected chi connectivity index (χ3v) is 5.82. The number of piperazine rings is 1. The van der Waals surface area contributed by atoms with E-state index in [-0.39, 0.29) is 18.4 Å². The summed E-state index contributed by atoms with van der Waals surface area (Å²) in [4.78, 5) is 33.2. The van der Waals surface area contributed by atoms with Crippen LogP contribution < -0.4 is 0 Å². The first-order valence-corrected chi connectivity index (χ1v) is 9.85. The number of fused-ring (bicyclic) bond motifs is 5. The Morgan fingerprint density at radius 1 is 1.22 bits per heavy atom. The van der Waals surface area contributed by atoms with Gasteiger partial charge in [-0.25, -0.2) is 0 Å². The van der Waals surface area contributed by atoms with Crippen LogP contribution >= 0.6 is 0 Å². The van der Waals surface area contributed by atoms with Crippen molar-refractivity contribution in [3.63, 3.8) is 0 Å². The summed E-state index contributed by atoms with van der Waals surface area (Å²) in [5.74, 6) is 0.0287. The monoisotopic (exact) mass is 369 g/mol. The molecule has 1 aromatic heterocycles. The second-order valence-corrected chi connectivity index (χ2v) is 7.58. The number of H-pyrrole nitrogens is 1. The zero-order valence-electron chi connectivity index (χ0n) is 16.1. The molecule has 0 saturated carbocycles. The second kappa shape index (κ2) is 7.00. The minimum Gasteiger partial charge on any atom is -0.381 e. The third-order valence-electron chi connectivity index (χ3n) is 5.82. The van der Waals surface area contributed by atoms with Crippen molar-refractivity contribution in [1.82, 2.24) is 14.8 Å². The van der Waals surface area contributed by atoms with Gasteiger partial charge in [-0.1, -0.05) is 25.1 Å². The highest BCUT2D eigenvalue weighted by atomic mass is 16.5. The van der Waals surface area contributed by atoms with Crippen LogP contribution in [-0.4, -0.2) is 59.4 Å². The maximum atomic E-state index is 13.5. The second-order valence-electron chi connectivity index (χ2n) is 7.58. The number of aromatic amines is 1. The number of hydrogen-bond donors (Lipinski definition) is 1. The van der Waals surface area contributed by atoms with E-state index in [1.165, 1.54) is 5.56 Å². The van der Waals surface area contributed by atoms with Gasteiger partial charge in [0.2, 0.25) is 5.91 Å². The van der Waals surface area contributed by atoms with E-state index < -0.39 is 5.54 Å². The number of para-hydroxylation sites is 1. The number of ether oxygens (including phenoxy) is 1. The fourth-order valence-corrected chi connectivity index (χ4v) is 4.47. The van der Waals surface area contributed by atoms with Crippen molar-refractivity contribution >= 4 is 22.7 Å². The van der Waals surface area contributed by atoms with Crippen molar-refractivity contribution in [2.75, 3.05) is 32.8 Å². The number of hydrogen-bond acceptors (Lipinski definition) is 3. The van der Waals surface area contributed by atoms with E-state index in [1.807, 2.05) is 25.1 Å². The van der Waals surface area contributed by atoms with Crippen molar-refractivity contribution in [1.29, 1.82) is 0 Å². The van der Waals surface area contributed by atoms with E-state index in [2.05, 4.69) is 18.0 Å². The van der Waals surface area contributed by atoms with Crippen molar-refractivity contribution < 1.29 is 14.3 Å². The molecule has 1 atom stereocenters. The van der Waals surface area contributed by atoms with E-state index in [4.69, 9.17) is 4.74 Å². The molecule has 144 valence electrons. The summed E-state index contributed by atoms with van der Waals surface area (Å²) in [6.07, 6.45) is 2.50. The number of benzene rings is 1. The van der Waals surface area contributed by atoms with Gasteiger partial charge >= 0.3 is 0 Å². The Balaban J connectivity index is 1.64. The Labute approximate surface area is 159 Å². The molecule has 6 heteroatoms. The molecule has 2 aromatic rings. The fraction of sp³-hybridized carbons (Fsp3) is 0.524. The van der Waals surface area contributed by atoms with Crippen LogP contribution in [0, 0.1) is 0 Å². The number of carbonyl (C=O) groups excluding carboxylic acids is 2. The van der Waals surface area contributed by atoms with Crippen LogP contribution in [0.1, 0.15) is 37.9 Å². The SMILES string of the molecule is CCCOCCCN1CC(=O)N2CCc3c([nH]c4ccccc34)[C@]2(C)C1=O. The third kappa shape index (κ3) is 2.83. The molecule has 2 amide bonds. The van der Waals surface area contributed by atoms with E-state index in [0.29, 0.717) is 19.7 Å². The Morgan fingerprint density at radius 2 is 2.04 bits per heavy atom. The standard InChI is InChI=1S/C21H27N3O3/c1-3-12-27-13-6-10-23-14-18(25)24-11-9-16-15-7-4-5-8-17(15)22-19(16)21(24,2)20(23)26/h4-5,7-8,22H,3,6,9-14H2,1-2H3/t21-/m1/s1. The molecule has 2 aliphatic heterocycles. The highest BCUT2D eigenvalue weighted by Gasteiger charge is 2.53. The van der Waals surface area contributed by atoms with Gasteiger partial charge in [0.25, 0.3) is 5.91 Å². The first-order chi connectivity index (χ1) is 13.1. The topological polar surface area (TPSA) is 65.6 Å². The fourth-order valence-electron chi connectivity index (χ4n) is 4.47. The molecule has 4 rings (SSSR count). The van der Waals surface area contributed by atoms with Gasteiger partial charge in [0.05, 0.1) is 12.2 Å². The number of nitrogens with zero attached hydrogens (tertiary/aromatic N) is 2. The molecular weight excluding hydrogens is 342 g/mol. The summed E-state index contributed by atoms with van der Waals surface area (Å²) in [6, 6.07) is 8.11. The average Bonchev–Trinajstić information content (AvgIpc) is 3.05. The maximum absolute atomic E-state index is 13.5. The number of rotatable bonds is 6. The van der Waals surface area contributed by atoms with Gasteiger partial charge in [-0.05, 0) is 37.8 Å². The maximum Gasteiger partial charge on any atom is 0.254 e. The van der Waals surface area contributed by atoms with Crippen molar-refractivity contribution in [3.8, 4) is 0 Å². The summed E-state index contributed by atoms with van der Waals surface area (Å²) >= 11 is 0.